The fourth-order valence-corrected chi connectivity index (χ4v) is 4.51. The summed E-state index contributed by atoms with van der Waals surface area (Å²) in [6, 6.07) is 10.7. The monoisotopic (exact) mass is 367 g/mol. The Bertz CT molecular complexity index is 829. The first-order valence-corrected chi connectivity index (χ1v) is 9.93. The molecule has 0 radical (unpaired) electrons. The van der Waals surface area contributed by atoms with Crippen LogP contribution in [0.25, 0.3) is 10.6 Å². The summed E-state index contributed by atoms with van der Waals surface area (Å²) < 4.78 is 32.0. The molecule has 0 aromatic carbocycles. The molecule has 3 heterocycles. The number of hydrogen-bond acceptors (Lipinski definition) is 7. The van der Waals surface area contributed by atoms with Crippen molar-refractivity contribution in [3.63, 3.8) is 0 Å². The molecule has 3 aromatic rings. The van der Waals surface area contributed by atoms with Crippen molar-refractivity contribution >= 4 is 32.7 Å². The van der Waals surface area contributed by atoms with E-state index >= 15 is 0 Å². The van der Waals surface area contributed by atoms with Gasteiger partial charge in [-0.15, -0.1) is 32.9 Å². The van der Waals surface area contributed by atoms with Gasteiger partial charge < -0.3 is 4.74 Å². The highest BCUT2D eigenvalue weighted by Crippen LogP contribution is 2.22. The minimum Gasteiger partial charge on any atom is -0.475 e. The average molecular weight is 367 g/mol. The molecule has 0 aliphatic heterocycles. The fraction of sp³-hybridized carbons (Fsp3) is 0.143. The number of hydrogen-bond donors (Lipinski definition) is 1. The van der Waals surface area contributed by atoms with Crippen LogP contribution in [0.5, 0.6) is 5.88 Å². The van der Waals surface area contributed by atoms with Crippen LogP contribution in [0, 0.1) is 0 Å². The minimum absolute atomic E-state index is 0.161. The zero-order valence-corrected chi connectivity index (χ0v) is 14.3. The number of rotatable bonds is 7. The predicted octanol–water partition coefficient (Wildman–Crippen LogP) is 2.62. The van der Waals surface area contributed by atoms with E-state index in [1.807, 2.05) is 23.6 Å². The van der Waals surface area contributed by atoms with Gasteiger partial charge in [-0.2, -0.15) is 0 Å². The second kappa shape index (κ2) is 7.18. The number of ether oxygens (including phenoxy) is 1. The van der Waals surface area contributed by atoms with E-state index in [9.17, 15) is 8.42 Å². The molecule has 0 spiro atoms. The third kappa shape index (κ3) is 4.14. The maximum Gasteiger partial charge on any atom is 0.250 e. The highest BCUT2D eigenvalue weighted by molar-refractivity contribution is 7.91. The first-order chi connectivity index (χ1) is 11.1. The molecular formula is C14H13N3O3S3. The summed E-state index contributed by atoms with van der Waals surface area (Å²) in [5.41, 5.74) is 0.783. The Morgan fingerprint density at radius 1 is 1.04 bits per heavy atom. The molecule has 0 fully saturated rings. The van der Waals surface area contributed by atoms with Crippen LogP contribution in [0.15, 0.2) is 51.4 Å². The maximum atomic E-state index is 11.9. The van der Waals surface area contributed by atoms with Crippen molar-refractivity contribution in [3.05, 3.63) is 47.2 Å². The lowest BCUT2D eigenvalue weighted by atomic mass is 10.3. The molecule has 23 heavy (non-hydrogen) atoms. The first-order valence-electron chi connectivity index (χ1n) is 6.69. The van der Waals surface area contributed by atoms with E-state index in [1.54, 1.807) is 34.9 Å². The van der Waals surface area contributed by atoms with E-state index in [0.29, 0.717) is 5.88 Å². The quantitative estimate of drug-likeness (QED) is 0.649. The Labute approximate surface area is 141 Å². The second-order valence-corrected chi connectivity index (χ2v) is 8.30. The van der Waals surface area contributed by atoms with Crippen molar-refractivity contribution < 1.29 is 13.2 Å². The fourth-order valence-electron chi connectivity index (χ4n) is 1.77. The predicted molar refractivity (Wildman–Crippen MR) is 90.3 cm³/mol. The Kier molecular flexibility index (Phi) is 5.01. The van der Waals surface area contributed by atoms with Gasteiger partial charge in [0.2, 0.25) is 15.9 Å². The van der Waals surface area contributed by atoms with Gasteiger partial charge in [0.05, 0.1) is 4.88 Å². The molecule has 0 unspecified atom stereocenters. The lowest BCUT2D eigenvalue weighted by Gasteiger charge is -2.06. The number of sulfonamides is 1. The van der Waals surface area contributed by atoms with E-state index in [1.165, 1.54) is 11.3 Å². The Morgan fingerprint density at radius 2 is 1.87 bits per heavy atom. The zero-order valence-electron chi connectivity index (χ0n) is 11.9. The molecule has 1 N–H and O–H groups in total. The van der Waals surface area contributed by atoms with Crippen molar-refractivity contribution in [1.29, 1.82) is 0 Å². The van der Waals surface area contributed by atoms with Crippen molar-refractivity contribution in [2.75, 3.05) is 13.2 Å². The molecule has 0 amide bonds. The highest BCUT2D eigenvalue weighted by atomic mass is 32.2. The lowest BCUT2D eigenvalue weighted by molar-refractivity contribution is 0.307. The molecule has 0 bridgehead atoms. The molecule has 3 rings (SSSR count). The molecular weight excluding hydrogens is 354 g/mol. The van der Waals surface area contributed by atoms with Gasteiger partial charge in [0, 0.05) is 12.6 Å². The van der Waals surface area contributed by atoms with Gasteiger partial charge in [-0.05, 0) is 29.0 Å². The van der Waals surface area contributed by atoms with Crippen LogP contribution in [0.2, 0.25) is 0 Å². The zero-order chi connectivity index (χ0) is 16.1. The van der Waals surface area contributed by atoms with Crippen LogP contribution in [-0.2, 0) is 10.0 Å². The number of aromatic nitrogens is 2. The third-order valence-corrected chi connectivity index (χ3v) is 6.57. The van der Waals surface area contributed by atoms with Crippen LogP contribution in [-0.4, -0.2) is 31.8 Å². The van der Waals surface area contributed by atoms with E-state index < -0.39 is 10.0 Å². The molecule has 0 aliphatic carbocycles. The van der Waals surface area contributed by atoms with Crippen LogP contribution in [0.3, 0.4) is 0 Å². The summed E-state index contributed by atoms with van der Waals surface area (Å²) in [4.78, 5) is 1.03. The topological polar surface area (TPSA) is 81.2 Å². The van der Waals surface area contributed by atoms with Gasteiger partial charge in [0.15, 0.2) is 0 Å². The minimum atomic E-state index is -3.45. The number of nitrogens with zero attached hydrogens (tertiary/aromatic N) is 2. The molecule has 9 heteroatoms. The lowest BCUT2D eigenvalue weighted by Crippen LogP contribution is -2.27. The van der Waals surface area contributed by atoms with Crippen molar-refractivity contribution in [2.45, 2.75) is 4.21 Å². The Morgan fingerprint density at radius 3 is 2.52 bits per heavy atom. The van der Waals surface area contributed by atoms with Gasteiger partial charge in [0.25, 0.3) is 0 Å². The van der Waals surface area contributed by atoms with Gasteiger partial charge in [-0.1, -0.05) is 12.1 Å². The van der Waals surface area contributed by atoms with Gasteiger partial charge in [0.1, 0.15) is 16.5 Å². The highest BCUT2D eigenvalue weighted by Gasteiger charge is 2.14. The van der Waals surface area contributed by atoms with Crippen molar-refractivity contribution in [1.82, 2.24) is 14.9 Å². The number of nitrogens with one attached hydrogen (secondary N) is 1. The van der Waals surface area contributed by atoms with E-state index in [2.05, 4.69) is 14.9 Å². The number of thiophene rings is 2. The van der Waals surface area contributed by atoms with Crippen LogP contribution in [0.1, 0.15) is 0 Å². The third-order valence-electron chi connectivity index (χ3n) is 2.82. The molecule has 0 saturated heterocycles. The molecule has 120 valence electrons. The summed E-state index contributed by atoms with van der Waals surface area (Å²) in [6.45, 7) is 0.340. The van der Waals surface area contributed by atoms with Gasteiger partial charge in [-0.25, -0.2) is 13.1 Å². The molecule has 0 saturated carbocycles. The van der Waals surface area contributed by atoms with Crippen LogP contribution >= 0.6 is 22.7 Å². The summed E-state index contributed by atoms with van der Waals surface area (Å²) in [6.07, 6.45) is 0. The largest absolute Gasteiger partial charge is 0.475 e. The maximum absolute atomic E-state index is 11.9. The standard InChI is InChI=1S/C14H13N3O3S3/c18-23(19,14-4-2-10-22-14)15-7-8-20-13-6-5-11(16-17-13)12-3-1-9-21-12/h1-6,9-10,15H,7-8H2. The molecule has 6 nitrogen and oxygen atoms in total. The summed E-state index contributed by atoms with van der Waals surface area (Å²) in [5.74, 6) is 0.362. The first kappa shape index (κ1) is 16.1. The SMILES string of the molecule is O=S(=O)(NCCOc1ccc(-c2cccs2)nn1)c1cccs1. The molecule has 0 atom stereocenters. The van der Waals surface area contributed by atoms with Crippen LogP contribution in [0.4, 0.5) is 0 Å². The average Bonchev–Trinajstić information content (AvgIpc) is 3.25. The van der Waals surface area contributed by atoms with Crippen molar-refractivity contribution in [2.24, 2.45) is 0 Å². The smallest absolute Gasteiger partial charge is 0.250 e. The molecule has 3 aromatic heterocycles. The van der Waals surface area contributed by atoms with E-state index in [4.69, 9.17) is 4.74 Å². The summed E-state index contributed by atoms with van der Waals surface area (Å²) >= 11 is 2.76. The Balaban J connectivity index is 1.49. The normalized spacial score (nSPS) is 11.5. The van der Waals surface area contributed by atoms with Gasteiger partial charge in [-0.3, -0.25) is 0 Å². The van der Waals surface area contributed by atoms with Gasteiger partial charge >= 0.3 is 0 Å². The van der Waals surface area contributed by atoms with Crippen molar-refractivity contribution in [3.8, 4) is 16.5 Å². The molecule has 0 aliphatic rings. The summed E-state index contributed by atoms with van der Waals surface area (Å²) in [5, 5.41) is 11.8. The van der Waals surface area contributed by atoms with E-state index in [0.717, 1.165) is 10.6 Å². The van der Waals surface area contributed by atoms with E-state index in [-0.39, 0.29) is 17.4 Å². The summed E-state index contributed by atoms with van der Waals surface area (Å²) in [7, 11) is -3.45. The Hall–Kier alpha value is -1.81. The van der Waals surface area contributed by atoms with Crippen LogP contribution < -0.4 is 9.46 Å². The second-order valence-electron chi connectivity index (χ2n) is 4.41.